The average Bonchev–Trinajstić information content (AvgIpc) is 2.90. The first-order chi connectivity index (χ1) is 17.3. The van der Waals surface area contributed by atoms with Gasteiger partial charge in [0.2, 0.25) is 0 Å². The number of nitrogens with zero attached hydrogens (tertiary/aromatic N) is 4. The summed E-state index contributed by atoms with van der Waals surface area (Å²) >= 11 is 2.42. The topological polar surface area (TPSA) is 31.8 Å². The Kier molecular flexibility index (Phi) is 16.7. The number of alkyl halides is 1. The maximum absolute atomic E-state index is 4.47. The zero-order valence-electron chi connectivity index (χ0n) is 22.3. The van der Waals surface area contributed by atoms with E-state index in [-0.39, 0.29) is 0 Å². The van der Waals surface area contributed by atoms with Crippen LogP contribution in [0, 0.1) is 0 Å². The number of aryl methyl sites for hydroxylation is 1. The monoisotopic (exact) mass is 591 g/mol. The minimum atomic E-state index is 0.896. The largest absolute Gasteiger partial charge is 0.372 e. The summed E-state index contributed by atoms with van der Waals surface area (Å²) in [4.78, 5) is 2.59. The number of halogens is 1. The van der Waals surface area contributed by atoms with E-state index in [1.165, 1.54) is 93.6 Å². The number of pyridine rings is 1. The fourth-order valence-corrected chi connectivity index (χ4v) is 4.63. The van der Waals surface area contributed by atoms with Crippen molar-refractivity contribution in [3.05, 3.63) is 48.8 Å². The van der Waals surface area contributed by atoms with Crippen LogP contribution in [0.4, 0.5) is 17.1 Å². The molecule has 4 nitrogen and oxygen atoms in total. The first-order valence-electron chi connectivity index (χ1n) is 14.1. The third-order valence-electron chi connectivity index (χ3n) is 6.48. The molecule has 2 aromatic rings. The van der Waals surface area contributed by atoms with Crippen molar-refractivity contribution in [1.29, 1.82) is 0 Å². The van der Waals surface area contributed by atoms with Gasteiger partial charge in [0.25, 0.3) is 0 Å². The molecule has 0 saturated carbocycles. The summed E-state index contributed by atoms with van der Waals surface area (Å²) in [5.41, 5.74) is 3.13. The van der Waals surface area contributed by atoms with Crippen LogP contribution in [0.15, 0.2) is 59.0 Å². The zero-order valence-corrected chi connectivity index (χ0v) is 24.5. The summed E-state index contributed by atoms with van der Waals surface area (Å²) in [6, 6.07) is 12.7. The molecule has 0 atom stereocenters. The number of anilines is 1. The van der Waals surface area contributed by atoms with E-state index in [0.717, 1.165) is 31.0 Å². The predicted molar refractivity (Wildman–Crippen MR) is 160 cm³/mol. The summed E-state index contributed by atoms with van der Waals surface area (Å²) in [5.74, 6) is 0. The second-order valence-electron chi connectivity index (χ2n) is 9.58. The summed E-state index contributed by atoms with van der Waals surface area (Å²) in [6.45, 7) is 7.94. The highest BCUT2D eigenvalue weighted by molar-refractivity contribution is 14.1. The van der Waals surface area contributed by atoms with Crippen molar-refractivity contribution in [2.75, 3.05) is 22.4 Å². The fraction of sp³-hybridized carbons (Fsp3) is 0.633. The van der Waals surface area contributed by atoms with Gasteiger partial charge in [0.05, 0.1) is 11.4 Å². The van der Waals surface area contributed by atoms with Gasteiger partial charge in [-0.3, -0.25) is 0 Å². The van der Waals surface area contributed by atoms with E-state index in [9.17, 15) is 0 Å². The number of rotatable bonds is 20. The lowest BCUT2D eigenvalue weighted by atomic mass is 10.1. The molecule has 0 amide bonds. The molecule has 0 fully saturated rings. The molecule has 0 spiro atoms. The van der Waals surface area contributed by atoms with Gasteiger partial charge < -0.3 is 4.90 Å². The number of hydrogen-bond acceptors (Lipinski definition) is 3. The number of aromatic nitrogens is 1. The van der Waals surface area contributed by atoms with Crippen molar-refractivity contribution in [2.45, 2.75) is 104 Å². The molecule has 5 heteroatoms. The second kappa shape index (κ2) is 19.7. The second-order valence-corrected chi connectivity index (χ2v) is 10.7. The van der Waals surface area contributed by atoms with E-state index >= 15 is 0 Å². The van der Waals surface area contributed by atoms with Gasteiger partial charge in [0.15, 0.2) is 12.4 Å². The molecule has 0 aliphatic rings. The SMILES string of the molecule is CCCCCCCCN(CCCCCCCC)c1ccc(/N=N/c2cc[n+](CCCI)cc2)cc1. The number of hydrogen-bond donors (Lipinski definition) is 0. The van der Waals surface area contributed by atoms with Gasteiger partial charge >= 0.3 is 0 Å². The van der Waals surface area contributed by atoms with Crippen LogP contribution in [0.25, 0.3) is 0 Å². The number of unbranched alkanes of at least 4 members (excludes halogenated alkanes) is 10. The molecular formula is C30H48IN4+. The van der Waals surface area contributed by atoms with E-state index in [4.69, 9.17) is 0 Å². The van der Waals surface area contributed by atoms with Crippen LogP contribution < -0.4 is 9.47 Å². The Balaban J connectivity index is 1.89. The van der Waals surface area contributed by atoms with Crippen LogP contribution in [0.3, 0.4) is 0 Å². The molecule has 0 aliphatic heterocycles. The zero-order chi connectivity index (χ0) is 25.0. The quantitative estimate of drug-likeness (QED) is 0.0496. The summed E-state index contributed by atoms with van der Waals surface area (Å²) in [7, 11) is 0. The standard InChI is InChI=1S/C30H48IN4/c1-3-5-7-9-11-13-24-35(25-14-12-10-8-6-4-2)30-18-16-28(17-19-30)32-33-29-20-26-34(27-21-29)23-15-22-31/h16-21,26-27H,3-15,22-25H2,1-2H3/q+1. The molecule has 0 N–H and O–H groups in total. The Labute approximate surface area is 228 Å². The molecule has 0 bridgehead atoms. The van der Waals surface area contributed by atoms with Crippen LogP contribution in [0.1, 0.15) is 97.3 Å². The first kappa shape index (κ1) is 29.7. The molecule has 1 aromatic carbocycles. The highest BCUT2D eigenvalue weighted by Gasteiger charge is 2.07. The van der Waals surface area contributed by atoms with Crippen molar-refractivity contribution < 1.29 is 4.57 Å². The lowest BCUT2D eigenvalue weighted by Crippen LogP contribution is -2.32. The molecule has 0 radical (unpaired) electrons. The molecule has 194 valence electrons. The van der Waals surface area contributed by atoms with Crippen molar-refractivity contribution in [1.82, 2.24) is 0 Å². The van der Waals surface area contributed by atoms with Gasteiger partial charge in [-0.15, -0.1) is 0 Å². The van der Waals surface area contributed by atoms with Crippen LogP contribution in [0.2, 0.25) is 0 Å². The van der Waals surface area contributed by atoms with E-state index in [2.05, 4.69) is 92.8 Å². The van der Waals surface area contributed by atoms with Gasteiger partial charge in [0.1, 0.15) is 6.54 Å². The molecule has 1 aromatic heterocycles. The smallest absolute Gasteiger partial charge is 0.171 e. The maximum atomic E-state index is 4.47. The van der Waals surface area contributed by atoms with Gasteiger partial charge in [-0.1, -0.05) is 101 Å². The van der Waals surface area contributed by atoms with Crippen molar-refractivity contribution in [3.8, 4) is 0 Å². The van der Waals surface area contributed by atoms with E-state index < -0.39 is 0 Å². The minimum absolute atomic E-state index is 0.896. The van der Waals surface area contributed by atoms with Gasteiger partial charge in [-0.05, 0) is 37.1 Å². The van der Waals surface area contributed by atoms with Gasteiger partial charge in [-0.25, -0.2) is 4.57 Å². The molecule has 2 rings (SSSR count). The molecule has 0 unspecified atom stereocenters. The molecular weight excluding hydrogens is 543 g/mol. The third kappa shape index (κ3) is 13.4. The average molecular weight is 592 g/mol. The van der Waals surface area contributed by atoms with E-state index in [1.807, 2.05) is 12.1 Å². The molecule has 1 heterocycles. The van der Waals surface area contributed by atoms with E-state index in [1.54, 1.807) is 0 Å². The Morgan fingerprint density at radius 1 is 0.629 bits per heavy atom. The van der Waals surface area contributed by atoms with Crippen molar-refractivity contribution >= 4 is 39.7 Å². The van der Waals surface area contributed by atoms with Crippen LogP contribution in [-0.4, -0.2) is 17.5 Å². The molecule has 0 saturated heterocycles. The maximum Gasteiger partial charge on any atom is 0.171 e. The fourth-order valence-electron chi connectivity index (χ4n) is 4.29. The number of benzene rings is 1. The van der Waals surface area contributed by atoms with Crippen molar-refractivity contribution in [2.24, 2.45) is 10.2 Å². The first-order valence-corrected chi connectivity index (χ1v) is 15.6. The van der Waals surface area contributed by atoms with Crippen LogP contribution in [-0.2, 0) is 6.54 Å². The Bertz CT molecular complexity index is 773. The Morgan fingerprint density at radius 2 is 1.11 bits per heavy atom. The van der Waals surface area contributed by atoms with Gasteiger partial charge in [0, 0.05) is 41.8 Å². The van der Waals surface area contributed by atoms with Crippen molar-refractivity contribution in [3.63, 3.8) is 0 Å². The summed E-state index contributed by atoms with van der Waals surface area (Å²) < 4.78 is 3.38. The third-order valence-corrected chi connectivity index (χ3v) is 7.25. The van der Waals surface area contributed by atoms with Crippen LogP contribution >= 0.6 is 22.6 Å². The minimum Gasteiger partial charge on any atom is -0.372 e. The highest BCUT2D eigenvalue weighted by Crippen LogP contribution is 2.23. The normalized spacial score (nSPS) is 11.4. The molecule has 0 aliphatic carbocycles. The lowest BCUT2D eigenvalue weighted by Gasteiger charge is -2.25. The highest BCUT2D eigenvalue weighted by atomic mass is 127. The summed E-state index contributed by atoms with van der Waals surface area (Å²) in [6.07, 6.45) is 21.5. The van der Waals surface area contributed by atoms with Crippen LogP contribution in [0.5, 0.6) is 0 Å². The Hall–Kier alpha value is -1.50. The molecule has 35 heavy (non-hydrogen) atoms. The number of azo groups is 1. The Morgan fingerprint density at radius 3 is 1.63 bits per heavy atom. The predicted octanol–water partition coefficient (Wildman–Crippen LogP) is 9.74. The van der Waals surface area contributed by atoms with Gasteiger partial charge in [-0.2, -0.15) is 10.2 Å². The summed E-state index contributed by atoms with van der Waals surface area (Å²) in [5, 5.41) is 8.91. The van der Waals surface area contributed by atoms with E-state index in [0.29, 0.717) is 0 Å². The lowest BCUT2D eigenvalue weighted by molar-refractivity contribution is -0.696.